The van der Waals surface area contributed by atoms with Crippen molar-refractivity contribution in [3.63, 3.8) is 0 Å². The lowest BCUT2D eigenvalue weighted by Gasteiger charge is -2.46. The minimum absolute atomic E-state index is 0.0206. The number of carbonyl (C=O) groups excluding carboxylic acids is 1. The standard InChI is InChI=1S/C17H23NO3/c1-13-10-18(11-15(12-19)21-13)16(20)17(8-5-9-17)14-6-3-2-4-7-14/h2-4,6-7,13,15,19H,5,8-12H2,1H3. The number of aliphatic hydroxyl groups excluding tert-OH is 1. The van der Waals surface area contributed by atoms with Crippen molar-refractivity contribution in [2.75, 3.05) is 19.7 Å². The molecule has 1 saturated carbocycles. The smallest absolute Gasteiger partial charge is 0.233 e. The number of rotatable bonds is 3. The summed E-state index contributed by atoms with van der Waals surface area (Å²) in [4.78, 5) is 15.0. The highest BCUT2D eigenvalue weighted by molar-refractivity contribution is 5.89. The minimum Gasteiger partial charge on any atom is -0.394 e. The van der Waals surface area contributed by atoms with Gasteiger partial charge in [-0.15, -0.1) is 0 Å². The van der Waals surface area contributed by atoms with Crippen LogP contribution in [0, 0.1) is 0 Å². The lowest BCUT2D eigenvalue weighted by atomic mass is 9.63. The van der Waals surface area contributed by atoms with Gasteiger partial charge in [-0.2, -0.15) is 0 Å². The highest BCUT2D eigenvalue weighted by Crippen LogP contribution is 2.45. The van der Waals surface area contributed by atoms with Gasteiger partial charge in [-0.25, -0.2) is 0 Å². The quantitative estimate of drug-likeness (QED) is 0.921. The Morgan fingerprint density at radius 3 is 2.62 bits per heavy atom. The molecule has 4 heteroatoms. The Morgan fingerprint density at radius 2 is 2.05 bits per heavy atom. The predicted octanol–water partition coefficient (Wildman–Crippen LogP) is 1.72. The molecule has 2 atom stereocenters. The van der Waals surface area contributed by atoms with Crippen LogP contribution in [-0.2, 0) is 14.9 Å². The fourth-order valence-corrected chi connectivity index (χ4v) is 3.53. The zero-order chi connectivity index (χ0) is 14.9. The number of ether oxygens (including phenoxy) is 1. The number of hydrogen-bond donors (Lipinski definition) is 1. The molecule has 1 aromatic rings. The molecule has 0 aromatic heterocycles. The zero-order valence-corrected chi connectivity index (χ0v) is 12.5. The van der Waals surface area contributed by atoms with Gasteiger partial charge < -0.3 is 14.7 Å². The zero-order valence-electron chi connectivity index (χ0n) is 12.5. The molecule has 1 N–H and O–H groups in total. The highest BCUT2D eigenvalue weighted by atomic mass is 16.5. The molecular weight excluding hydrogens is 266 g/mol. The summed E-state index contributed by atoms with van der Waals surface area (Å²) in [6, 6.07) is 10.1. The summed E-state index contributed by atoms with van der Waals surface area (Å²) in [5, 5.41) is 9.34. The van der Waals surface area contributed by atoms with Crippen molar-refractivity contribution in [1.29, 1.82) is 0 Å². The summed E-state index contributed by atoms with van der Waals surface area (Å²) in [7, 11) is 0. The van der Waals surface area contributed by atoms with Gasteiger partial charge in [0, 0.05) is 13.1 Å². The van der Waals surface area contributed by atoms with Crippen molar-refractivity contribution in [2.24, 2.45) is 0 Å². The molecule has 2 aliphatic rings. The molecule has 2 fully saturated rings. The van der Waals surface area contributed by atoms with Crippen LogP contribution in [0.5, 0.6) is 0 Å². The van der Waals surface area contributed by atoms with Crippen LogP contribution in [-0.4, -0.2) is 47.8 Å². The molecule has 1 saturated heterocycles. The van der Waals surface area contributed by atoms with Crippen LogP contribution in [0.2, 0.25) is 0 Å². The Balaban J connectivity index is 1.83. The van der Waals surface area contributed by atoms with E-state index in [2.05, 4.69) is 12.1 Å². The summed E-state index contributed by atoms with van der Waals surface area (Å²) in [5.74, 6) is 0.202. The maximum absolute atomic E-state index is 13.1. The first kappa shape index (κ1) is 14.5. The molecule has 21 heavy (non-hydrogen) atoms. The topological polar surface area (TPSA) is 49.8 Å². The first-order chi connectivity index (χ1) is 10.2. The molecule has 1 aromatic carbocycles. The molecule has 4 nitrogen and oxygen atoms in total. The van der Waals surface area contributed by atoms with Gasteiger partial charge in [-0.1, -0.05) is 36.8 Å². The van der Waals surface area contributed by atoms with E-state index < -0.39 is 0 Å². The van der Waals surface area contributed by atoms with Crippen LogP contribution in [0.15, 0.2) is 30.3 Å². The Labute approximate surface area is 125 Å². The van der Waals surface area contributed by atoms with Crippen LogP contribution in [0.4, 0.5) is 0 Å². The second-order valence-electron chi connectivity index (χ2n) is 6.26. The molecule has 0 bridgehead atoms. The van der Waals surface area contributed by atoms with Crippen molar-refractivity contribution < 1.29 is 14.6 Å². The predicted molar refractivity (Wildman–Crippen MR) is 80.0 cm³/mol. The number of benzene rings is 1. The maximum atomic E-state index is 13.1. The molecule has 3 rings (SSSR count). The molecular formula is C17H23NO3. The largest absolute Gasteiger partial charge is 0.394 e. The normalized spacial score (nSPS) is 28.0. The van der Waals surface area contributed by atoms with E-state index in [9.17, 15) is 9.90 Å². The highest BCUT2D eigenvalue weighted by Gasteiger charge is 2.48. The van der Waals surface area contributed by atoms with Gasteiger partial charge in [0.2, 0.25) is 5.91 Å². The van der Waals surface area contributed by atoms with E-state index in [0.717, 1.165) is 24.8 Å². The second-order valence-corrected chi connectivity index (χ2v) is 6.26. The maximum Gasteiger partial charge on any atom is 0.233 e. The van der Waals surface area contributed by atoms with E-state index in [0.29, 0.717) is 13.1 Å². The van der Waals surface area contributed by atoms with Gasteiger partial charge in [0.05, 0.1) is 24.2 Å². The molecule has 1 aliphatic carbocycles. The first-order valence-corrected chi connectivity index (χ1v) is 7.77. The molecule has 114 valence electrons. The number of hydrogen-bond acceptors (Lipinski definition) is 3. The molecule has 0 radical (unpaired) electrons. The lowest BCUT2D eigenvalue weighted by molar-refractivity contribution is -0.156. The van der Waals surface area contributed by atoms with Crippen molar-refractivity contribution in [3.8, 4) is 0 Å². The lowest BCUT2D eigenvalue weighted by Crippen LogP contribution is -2.57. The summed E-state index contributed by atoms with van der Waals surface area (Å²) in [5.41, 5.74) is 0.777. The van der Waals surface area contributed by atoms with E-state index in [-0.39, 0.29) is 30.1 Å². The van der Waals surface area contributed by atoms with Crippen molar-refractivity contribution in [3.05, 3.63) is 35.9 Å². The van der Waals surface area contributed by atoms with E-state index in [1.165, 1.54) is 0 Å². The average molecular weight is 289 g/mol. The Hall–Kier alpha value is -1.39. The van der Waals surface area contributed by atoms with Crippen molar-refractivity contribution >= 4 is 5.91 Å². The third-order valence-electron chi connectivity index (χ3n) is 4.76. The van der Waals surface area contributed by atoms with Crippen LogP contribution in [0.25, 0.3) is 0 Å². The molecule has 2 unspecified atom stereocenters. The number of carbonyl (C=O) groups is 1. The molecule has 1 heterocycles. The SMILES string of the molecule is CC1CN(C(=O)C2(c3ccccc3)CCC2)CC(CO)O1. The van der Waals surface area contributed by atoms with Crippen LogP contribution in [0.3, 0.4) is 0 Å². The van der Waals surface area contributed by atoms with Crippen LogP contribution < -0.4 is 0 Å². The minimum atomic E-state index is -0.349. The number of nitrogens with zero attached hydrogens (tertiary/aromatic N) is 1. The number of amides is 1. The van der Waals surface area contributed by atoms with Gasteiger partial charge in [0.1, 0.15) is 0 Å². The monoisotopic (exact) mass is 289 g/mol. The van der Waals surface area contributed by atoms with Gasteiger partial charge in [0.25, 0.3) is 0 Å². The third-order valence-corrected chi connectivity index (χ3v) is 4.76. The second kappa shape index (κ2) is 5.78. The van der Waals surface area contributed by atoms with Gasteiger partial charge in [-0.05, 0) is 25.3 Å². The van der Waals surface area contributed by atoms with Gasteiger partial charge in [0.15, 0.2) is 0 Å². The van der Waals surface area contributed by atoms with E-state index in [4.69, 9.17) is 4.74 Å². The van der Waals surface area contributed by atoms with Crippen LogP contribution >= 0.6 is 0 Å². The molecule has 0 spiro atoms. The van der Waals surface area contributed by atoms with E-state index in [1.54, 1.807) is 0 Å². The third kappa shape index (κ3) is 2.58. The summed E-state index contributed by atoms with van der Waals surface area (Å²) < 4.78 is 5.64. The summed E-state index contributed by atoms with van der Waals surface area (Å²) >= 11 is 0. The van der Waals surface area contributed by atoms with E-state index >= 15 is 0 Å². The number of morpholine rings is 1. The van der Waals surface area contributed by atoms with E-state index in [1.807, 2.05) is 30.0 Å². The average Bonchev–Trinajstić information content (AvgIpc) is 2.46. The first-order valence-electron chi connectivity index (χ1n) is 7.77. The molecule has 1 amide bonds. The Bertz CT molecular complexity index is 498. The summed E-state index contributed by atoms with van der Waals surface area (Å²) in [6.45, 7) is 3.03. The number of aliphatic hydroxyl groups is 1. The fraction of sp³-hybridized carbons (Fsp3) is 0.588. The molecule has 1 aliphatic heterocycles. The van der Waals surface area contributed by atoms with Crippen LogP contribution in [0.1, 0.15) is 31.7 Å². The Morgan fingerprint density at radius 1 is 1.33 bits per heavy atom. The van der Waals surface area contributed by atoms with Crippen molar-refractivity contribution in [1.82, 2.24) is 4.90 Å². The van der Waals surface area contributed by atoms with Gasteiger partial charge in [-0.3, -0.25) is 4.79 Å². The van der Waals surface area contributed by atoms with Crippen molar-refractivity contribution in [2.45, 2.75) is 43.8 Å². The van der Waals surface area contributed by atoms with Gasteiger partial charge >= 0.3 is 0 Å². The fourth-order valence-electron chi connectivity index (χ4n) is 3.53. The Kier molecular flexibility index (Phi) is 4.00. The summed E-state index contributed by atoms with van der Waals surface area (Å²) in [6.07, 6.45) is 2.67.